The molecule has 0 unspecified atom stereocenters. The minimum absolute atomic E-state index is 0.197. The molecule has 1 fully saturated rings. The number of rotatable bonds is 1. The van der Waals surface area contributed by atoms with Gasteiger partial charge in [-0.2, -0.15) is 0 Å². The molecule has 19 heavy (non-hydrogen) atoms. The Morgan fingerprint density at radius 2 is 1.89 bits per heavy atom. The van der Waals surface area contributed by atoms with E-state index in [9.17, 15) is 4.79 Å². The van der Waals surface area contributed by atoms with Crippen LogP contribution < -0.4 is 10.6 Å². The Kier molecular flexibility index (Phi) is 4.25. The van der Waals surface area contributed by atoms with Gasteiger partial charge in [-0.05, 0) is 49.5 Å². The minimum atomic E-state index is -0.258. The van der Waals surface area contributed by atoms with Gasteiger partial charge < -0.3 is 10.6 Å². The second kappa shape index (κ2) is 5.74. The molecule has 1 aromatic rings. The molecule has 0 saturated carbocycles. The van der Waals surface area contributed by atoms with Crippen molar-refractivity contribution < 1.29 is 4.79 Å². The van der Waals surface area contributed by atoms with E-state index in [1.165, 1.54) is 11.1 Å². The number of hydrogen-bond acceptors (Lipinski definition) is 2. The largest absolute Gasteiger partial charge is 0.325 e. The van der Waals surface area contributed by atoms with Crippen molar-refractivity contribution in [2.45, 2.75) is 45.4 Å². The molecular formula is C16H24N2O. The van der Waals surface area contributed by atoms with Gasteiger partial charge in [0.1, 0.15) is 0 Å². The van der Waals surface area contributed by atoms with Gasteiger partial charge in [-0.15, -0.1) is 0 Å². The summed E-state index contributed by atoms with van der Waals surface area (Å²) in [6.07, 6.45) is 2.85. The molecule has 104 valence electrons. The van der Waals surface area contributed by atoms with Crippen LogP contribution in [0, 0.1) is 0 Å². The van der Waals surface area contributed by atoms with Crippen LogP contribution in [0.2, 0.25) is 0 Å². The molecule has 0 bridgehead atoms. The maximum absolute atomic E-state index is 12.3. The first-order chi connectivity index (χ1) is 9.26. The molecule has 2 N–H and O–H groups in total. The van der Waals surface area contributed by atoms with Crippen molar-refractivity contribution in [2.75, 3.05) is 18.4 Å². The summed E-state index contributed by atoms with van der Waals surface area (Å²) in [6.45, 7) is 8.02. The standard InChI is InChI=1S/C14H18N2O.C2H6/c1-2-10-3-4-12-11(9-10)14(13(17)16-12)5-7-15-8-6-14;1-2/h3-4,9,15H,2,5-8H2,1H3,(H,16,17);1-2H3. The zero-order valence-electron chi connectivity index (χ0n) is 12.2. The molecular weight excluding hydrogens is 236 g/mol. The maximum Gasteiger partial charge on any atom is 0.235 e. The highest BCUT2D eigenvalue weighted by molar-refractivity contribution is 6.06. The van der Waals surface area contributed by atoms with E-state index in [2.05, 4.69) is 35.8 Å². The fourth-order valence-electron chi connectivity index (χ4n) is 3.03. The molecule has 2 heterocycles. The van der Waals surface area contributed by atoms with E-state index in [0.717, 1.165) is 38.0 Å². The molecule has 2 aliphatic heterocycles. The SMILES string of the molecule is CC.CCc1ccc2c(c1)C1(CCNCC1)C(=O)N2. The quantitative estimate of drug-likeness (QED) is 0.815. The van der Waals surface area contributed by atoms with Crippen LogP contribution in [0.1, 0.15) is 44.7 Å². The molecule has 1 saturated heterocycles. The van der Waals surface area contributed by atoms with Gasteiger partial charge in [-0.3, -0.25) is 4.79 Å². The molecule has 0 atom stereocenters. The van der Waals surface area contributed by atoms with Gasteiger partial charge in [0, 0.05) is 5.69 Å². The summed E-state index contributed by atoms with van der Waals surface area (Å²) in [5.74, 6) is 0.197. The minimum Gasteiger partial charge on any atom is -0.325 e. The van der Waals surface area contributed by atoms with Gasteiger partial charge in [0.25, 0.3) is 0 Å². The van der Waals surface area contributed by atoms with Crippen molar-refractivity contribution >= 4 is 11.6 Å². The lowest BCUT2D eigenvalue weighted by molar-refractivity contribution is -0.121. The van der Waals surface area contributed by atoms with Crippen LogP contribution >= 0.6 is 0 Å². The lowest BCUT2D eigenvalue weighted by atomic mass is 9.74. The summed E-state index contributed by atoms with van der Waals surface area (Å²) in [5, 5.41) is 6.38. The average Bonchev–Trinajstić information content (AvgIpc) is 2.74. The van der Waals surface area contributed by atoms with Crippen LogP contribution in [0.15, 0.2) is 18.2 Å². The second-order valence-corrected chi connectivity index (χ2v) is 5.02. The number of aryl methyl sites for hydroxylation is 1. The molecule has 3 nitrogen and oxygen atoms in total. The first-order valence-electron chi connectivity index (χ1n) is 7.42. The smallest absolute Gasteiger partial charge is 0.235 e. The number of carbonyl (C=O) groups is 1. The van der Waals surface area contributed by atoms with Crippen molar-refractivity contribution in [3.05, 3.63) is 29.3 Å². The van der Waals surface area contributed by atoms with Crippen LogP contribution in [0.3, 0.4) is 0 Å². The Morgan fingerprint density at radius 1 is 1.21 bits per heavy atom. The van der Waals surface area contributed by atoms with Crippen LogP contribution in [-0.2, 0) is 16.6 Å². The van der Waals surface area contributed by atoms with E-state index >= 15 is 0 Å². The Hall–Kier alpha value is -1.35. The van der Waals surface area contributed by atoms with Crippen molar-refractivity contribution in [1.82, 2.24) is 5.32 Å². The molecule has 3 heteroatoms. The predicted molar refractivity (Wildman–Crippen MR) is 79.6 cm³/mol. The van der Waals surface area contributed by atoms with Gasteiger partial charge in [0.2, 0.25) is 5.91 Å². The number of hydrogen-bond donors (Lipinski definition) is 2. The first kappa shape index (κ1) is 14.1. The van der Waals surface area contributed by atoms with Crippen molar-refractivity contribution in [2.24, 2.45) is 0 Å². The summed E-state index contributed by atoms with van der Waals surface area (Å²) < 4.78 is 0. The maximum atomic E-state index is 12.3. The third-order valence-electron chi connectivity index (χ3n) is 4.15. The third-order valence-corrected chi connectivity index (χ3v) is 4.15. The number of benzene rings is 1. The number of anilines is 1. The number of piperidine rings is 1. The Balaban J connectivity index is 0.000000637. The highest BCUT2D eigenvalue weighted by Gasteiger charge is 2.47. The highest BCUT2D eigenvalue weighted by atomic mass is 16.2. The van der Waals surface area contributed by atoms with E-state index in [4.69, 9.17) is 0 Å². The average molecular weight is 260 g/mol. The third kappa shape index (κ3) is 2.27. The van der Waals surface area contributed by atoms with Crippen molar-refractivity contribution in [3.8, 4) is 0 Å². The van der Waals surface area contributed by atoms with Crippen LogP contribution in [0.5, 0.6) is 0 Å². The van der Waals surface area contributed by atoms with E-state index in [0.29, 0.717) is 0 Å². The Bertz CT molecular complexity index is 462. The Labute approximate surface area is 115 Å². The summed E-state index contributed by atoms with van der Waals surface area (Å²) in [4.78, 5) is 12.3. The number of fused-ring (bicyclic) bond motifs is 2. The normalized spacial score (nSPS) is 19.4. The molecule has 0 radical (unpaired) electrons. The highest BCUT2D eigenvalue weighted by Crippen LogP contribution is 2.44. The lowest BCUT2D eigenvalue weighted by Gasteiger charge is -2.32. The van der Waals surface area contributed by atoms with Gasteiger partial charge in [-0.1, -0.05) is 32.9 Å². The van der Waals surface area contributed by atoms with Crippen molar-refractivity contribution in [3.63, 3.8) is 0 Å². The van der Waals surface area contributed by atoms with Crippen molar-refractivity contribution in [1.29, 1.82) is 0 Å². The molecule has 0 aliphatic carbocycles. The van der Waals surface area contributed by atoms with E-state index in [-0.39, 0.29) is 11.3 Å². The summed E-state index contributed by atoms with van der Waals surface area (Å²) >= 11 is 0. The predicted octanol–water partition coefficient (Wildman–Crippen LogP) is 2.85. The van der Waals surface area contributed by atoms with Gasteiger partial charge in [0.05, 0.1) is 5.41 Å². The zero-order chi connectivity index (χ0) is 13.9. The number of nitrogens with one attached hydrogen (secondary N) is 2. The molecule has 0 aromatic heterocycles. The number of carbonyl (C=O) groups excluding carboxylic acids is 1. The summed E-state index contributed by atoms with van der Waals surface area (Å²) in [7, 11) is 0. The summed E-state index contributed by atoms with van der Waals surface area (Å²) in [5.41, 5.74) is 3.31. The van der Waals surface area contributed by atoms with Crippen LogP contribution in [0.25, 0.3) is 0 Å². The fourth-order valence-corrected chi connectivity index (χ4v) is 3.03. The monoisotopic (exact) mass is 260 g/mol. The topological polar surface area (TPSA) is 41.1 Å². The van der Waals surface area contributed by atoms with Gasteiger partial charge in [-0.25, -0.2) is 0 Å². The molecule has 3 rings (SSSR count). The van der Waals surface area contributed by atoms with E-state index in [1.807, 2.05) is 13.8 Å². The van der Waals surface area contributed by atoms with E-state index in [1.54, 1.807) is 0 Å². The molecule has 1 amide bonds. The fraction of sp³-hybridized carbons (Fsp3) is 0.562. The first-order valence-corrected chi connectivity index (χ1v) is 7.42. The second-order valence-electron chi connectivity index (χ2n) is 5.02. The van der Waals surface area contributed by atoms with Gasteiger partial charge in [0.15, 0.2) is 0 Å². The van der Waals surface area contributed by atoms with Crippen LogP contribution in [0.4, 0.5) is 5.69 Å². The molecule has 1 aromatic carbocycles. The summed E-state index contributed by atoms with van der Waals surface area (Å²) in [6, 6.07) is 6.39. The lowest BCUT2D eigenvalue weighted by Crippen LogP contribution is -2.44. The number of amides is 1. The zero-order valence-corrected chi connectivity index (χ0v) is 12.2. The van der Waals surface area contributed by atoms with Crippen LogP contribution in [-0.4, -0.2) is 19.0 Å². The van der Waals surface area contributed by atoms with Gasteiger partial charge >= 0.3 is 0 Å². The molecule has 2 aliphatic rings. The van der Waals surface area contributed by atoms with E-state index < -0.39 is 0 Å². The Morgan fingerprint density at radius 3 is 2.53 bits per heavy atom. The molecule has 1 spiro atoms.